The van der Waals surface area contributed by atoms with E-state index in [1.54, 1.807) is 24.3 Å². The fourth-order valence-electron chi connectivity index (χ4n) is 1.27. The van der Waals surface area contributed by atoms with Gasteiger partial charge in [-0.3, -0.25) is 0 Å². The standard InChI is InChI=1S/C11H10FN3/c12-8-3-1-7(2-4-8)10-6-5-9(13)11(14)15-10/h1-6H,13H2,(H2,14,15). The van der Waals surface area contributed by atoms with Gasteiger partial charge in [-0.05, 0) is 36.4 Å². The van der Waals surface area contributed by atoms with Crippen LogP contribution in [0.1, 0.15) is 0 Å². The van der Waals surface area contributed by atoms with Gasteiger partial charge >= 0.3 is 0 Å². The van der Waals surface area contributed by atoms with Crippen LogP contribution < -0.4 is 11.5 Å². The molecule has 1 aromatic carbocycles. The molecule has 0 bridgehead atoms. The molecular weight excluding hydrogens is 193 g/mol. The number of nitrogens with two attached hydrogens (primary N) is 2. The molecule has 0 spiro atoms. The fourth-order valence-corrected chi connectivity index (χ4v) is 1.27. The van der Waals surface area contributed by atoms with Gasteiger partial charge in [-0.2, -0.15) is 0 Å². The highest BCUT2D eigenvalue weighted by atomic mass is 19.1. The number of aromatic nitrogens is 1. The summed E-state index contributed by atoms with van der Waals surface area (Å²) in [5.74, 6) is 0.0130. The number of hydrogen-bond acceptors (Lipinski definition) is 3. The van der Waals surface area contributed by atoms with Gasteiger partial charge in [-0.1, -0.05) is 0 Å². The number of halogens is 1. The van der Waals surface area contributed by atoms with Crippen LogP contribution in [-0.4, -0.2) is 4.98 Å². The molecule has 0 radical (unpaired) electrons. The smallest absolute Gasteiger partial charge is 0.147 e. The van der Waals surface area contributed by atoms with Gasteiger partial charge in [0.15, 0.2) is 0 Å². The summed E-state index contributed by atoms with van der Waals surface area (Å²) in [7, 11) is 0. The third-order valence-electron chi connectivity index (χ3n) is 2.10. The monoisotopic (exact) mass is 203 g/mol. The van der Waals surface area contributed by atoms with E-state index in [0.29, 0.717) is 11.4 Å². The van der Waals surface area contributed by atoms with Crippen molar-refractivity contribution in [2.45, 2.75) is 0 Å². The van der Waals surface area contributed by atoms with Crippen LogP contribution in [0.25, 0.3) is 11.3 Å². The summed E-state index contributed by atoms with van der Waals surface area (Å²) >= 11 is 0. The van der Waals surface area contributed by atoms with Crippen LogP contribution in [0, 0.1) is 5.82 Å². The van der Waals surface area contributed by atoms with E-state index in [1.165, 1.54) is 12.1 Å². The molecule has 0 aliphatic carbocycles. The number of anilines is 2. The summed E-state index contributed by atoms with van der Waals surface area (Å²) in [6, 6.07) is 9.48. The molecule has 0 fully saturated rings. The Morgan fingerprint density at radius 3 is 2.20 bits per heavy atom. The Kier molecular flexibility index (Phi) is 2.25. The lowest BCUT2D eigenvalue weighted by Crippen LogP contribution is -1.98. The number of nitrogen functional groups attached to an aromatic ring is 2. The van der Waals surface area contributed by atoms with E-state index in [1.807, 2.05) is 0 Å². The third kappa shape index (κ3) is 1.88. The van der Waals surface area contributed by atoms with E-state index in [2.05, 4.69) is 4.98 Å². The van der Waals surface area contributed by atoms with E-state index in [9.17, 15) is 4.39 Å². The minimum Gasteiger partial charge on any atom is -0.396 e. The highest BCUT2D eigenvalue weighted by Gasteiger charge is 2.02. The highest BCUT2D eigenvalue weighted by Crippen LogP contribution is 2.21. The van der Waals surface area contributed by atoms with Crippen molar-refractivity contribution in [3.63, 3.8) is 0 Å². The van der Waals surface area contributed by atoms with Crippen LogP contribution in [0.4, 0.5) is 15.9 Å². The first-order valence-corrected chi connectivity index (χ1v) is 4.45. The van der Waals surface area contributed by atoms with Crippen molar-refractivity contribution >= 4 is 11.5 Å². The molecule has 4 N–H and O–H groups in total. The molecule has 1 heterocycles. The predicted octanol–water partition coefficient (Wildman–Crippen LogP) is 2.05. The summed E-state index contributed by atoms with van der Waals surface area (Å²) in [6.07, 6.45) is 0. The van der Waals surface area contributed by atoms with Crippen LogP contribution in [0.2, 0.25) is 0 Å². The van der Waals surface area contributed by atoms with Gasteiger partial charge in [0, 0.05) is 5.56 Å². The first kappa shape index (κ1) is 9.45. The van der Waals surface area contributed by atoms with Crippen molar-refractivity contribution < 1.29 is 4.39 Å². The van der Waals surface area contributed by atoms with E-state index in [-0.39, 0.29) is 11.6 Å². The molecule has 0 unspecified atom stereocenters. The Hall–Kier alpha value is -2.10. The summed E-state index contributed by atoms with van der Waals surface area (Å²) < 4.78 is 12.7. The molecule has 2 aromatic rings. The predicted molar refractivity (Wildman–Crippen MR) is 58.5 cm³/mol. The van der Waals surface area contributed by atoms with Crippen molar-refractivity contribution in [3.8, 4) is 11.3 Å². The largest absolute Gasteiger partial charge is 0.396 e. The van der Waals surface area contributed by atoms with Crippen LogP contribution in [-0.2, 0) is 0 Å². The zero-order valence-corrected chi connectivity index (χ0v) is 7.94. The second-order valence-electron chi connectivity index (χ2n) is 3.18. The zero-order valence-electron chi connectivity index (χ0n) is 7.94. The average molecular weight is 203 g/mol. The molecule has 0 saturated carbocycles. The summed E-state index contributed by atoms with van der Waals surface area (Å²) in [6.45, 7) is 0. The maximum Gasteiger partial charge on any atom is 0.147 e. The second kappa shape index (κ2) is 3.57. The van der Waals surface area contributed by atoms with Gasteiger partial charge < -0.3 is 11.5 Å². The lowest BCUT2D eigenvalue weighted by Gasteiger charge is -2.03. The molecule has 0 aliphatic heterocycles. The molecule has 76 valence electrons. The number of hydrogen-bond donors (Lipinski definition) is 2. The first-order valence-electron chi connectivity index (χ1n) is 4.45. The van der Waals surface area contributed by atoms with Gasteiger partial charge in [0.25, 0.3) is 0 Å². The van der Waals surface area contributed by atoms with Crippen LogP contribution in [0.3, 0.4) is 0 Å². The van der Waals surface area contributed by atoms with Crippen molar-refractivity contribution in [2.24, 2.45) is 0 Å². The number of pyridine rings is 1. The highest BCUT2D eigenvalue weighted by molar-refractivity contribution is 5.67. The first-order chi connectivity index (χ1) is 7.16. The third-order valence-corrected chi connectivity index (χ3v) is 2.10. The molecule has 0 amide bonds. The quantitative estimate of drug-likeness (QED) is 0.745. The van der Waals surface area contributed by atoms with Gasteiger partial charge in [0.05, 0.1) is 11.4 Å². The van der Waals surface area contributed by atoms with Crippen LogP contribution in [0.5, 0.6) is 0 Å². The number of rotatable bonds is 1. The maximum atomic E-state index is 12.7. The molecular formula is C11H10FN3. The fraction of sp³-hybridized carbons (Fsp3) is 0. The summed E-state index contributed by atoms with van der Waals surface area (Å²) in [5, 5.41) is 0. The van der Waals surface area contributed by atoms with Crippen LogP contribution >= 0.6 is 0 Å². The van der Waals surface area contributed by atoms with Gasteiger partial charge in [-0.25, -0.2) is 9.37 Å². The summed E-state index contributed by atoms with van der Waals surface area (Å²) in [4.78, 5) is 4.10. The van der Waals surface area contributed by atoms with Gasteiger partial charge in [0.2, 0.25) is 0 Å². The van der Waals surface area contributed by atoms with Crippen molar-refractivity contribution in [1.82, 2.24) is 4.98 Å². The maximum absolute atomic E-state index is 12.7. The van der Waals surface area contributed by atoms with Crippen molar-refractivity contribution in [3.05, 3.63) is 42.2 Å². The van der Waals surface area contributed by atoms with Crippen molar-refractivity contribution in [1.29, 1.82) is 0 Å². The second-order valence-corrected chi connectivity index (χ2v) is 3.18. The molecule has 2 rings (SSSR count). The minimum absolute atomic E-state index is 0.276. The Labute approximate surface area is 86.6 Å². The molecule has 0 saturated heterocycles. The van der Waals surface area contributed by atoms with Crippen molar-refractivity contribution in [2.75, 3.05) is 11.5 Å². The van der Waals surface area contributed by atoms with Gasteiger partial charge in [-0.15, -0.1) is 0 Å². The molecule has 0 atom stereocenters. The van der Waals surface area contributed by atoms with Gasteiger partial charge in [0.1, 0.15) is 11.6 Å². The minimum atomic E-state index is -0.276. The average Bonchev–Trinajstić information content (AvgIpc) is 2.23. The van der Waals surface area contributed by atoms with E-state index in [4.69, 9.17) is 11.5 Å². The van der Waals surface area contributed by atoms with E-state index in [0.717, 1.165) is 5.56 Å². The van der Waals surface area contributed by atoms with E-state index < -0.39 is 0 Å². The molecule has 15 heavy (non-hydrogen) atoms. The zero-order chi connectivity index (χ0) is 10.8. The Balaban J connectivity index is 2.45. The topological polar surface area (TPSA) is 64.9 Å². The lowest BCUT2D eigenvalue weighted by molar-refractivity contribution is 0.628. The lowest BCUT2D eigenvalue weighted by atomic mass is 10.1. The number of benzene rings is 1. The Morgan fingerprint density at radius 1 is 0.933 bits per heavy atom. The Morgan fingerprint density at radius 2 is 1.60 bits per heavy atom. The van der Waals surface area contributed by atoms with E-state index >= 15 is 0 Å². The van der Waals surface area contributed by atoms with Crippen LogP contribution in [0.15, 0.2) is 36.4 Å². The Bertz CT molecular complexity index is 480. The normalized spacial score (nSPS) is 10.2. The molecule has 1 aromatic heterocycles. The molecule has 3 nitrogen and oxygen atoms in total. The summed E-state index contributed by atoms with van der Waals surface area (Å²) in [5.41, 5.74) is 13.1. The molecule has 0 aliphatic rings. The molecule has 4 heteroatoms. The number of nitrogens with zero attached hydrogens (tertiary/aromatic N) is 1. The SMILES string of the molecule is Nc1ccc(-c2ccc(F)cc2)nc1N.